The Hall–Kier alpha value is -1.07. The van der Waals surface area contributed by atoms with Crippen LogP contribution >= 0.6 is 0 Å². The molecule has 1 aliphatic rings. The highest BCUT2D eigenvalue weighted by molar-refractivity contribution is 5.28. The van der Waals surface area contributed by atoms with Gasteiger partial charge in [0.25, 0.3) is 5.88 Å². The molecule has 0 bridgehead atoms. The molecule has 5 N–H and O–H groups in total. The standard InChI is InChI=1S/C6H8N2O2.H3N/c9-6-4-1-2-7-3-5(4)10-8-6;/h7H,1-3H2,(H,8,9);1H3. The van der Waals surface area contributed by atoms with Gasteiger partial charge in [-0.2, -0.15) is 0 Å². The van der Waals surface area contributed by atoms with E-state index in [9.17, 15) is 0 Å². The molecule has 0 fully saturated rings. The van der Waals surface area contributed by atoms with Gasteiger partial charge in [0.1, 0.15) is 0 Å². The van der Waals surface area contributed by atoms with Crippen molar-refractivity contribution in [1.82, 2.24) is 16.6 Å². The summed E-state index contributed by atoms with van der Waals surface area (Å²) in [6, 6.07) is 0. The SMILES string of the molecule is N.Oc1noc2c1CCNC2. The summed E-state index contributed by atoms with van der Waals surface area (Å²) in [5.41, 5.74) is 0.860. The smallest absolute Gasteiger partial charge is 0.255 e. The van der Waals surface area contributed by atoms with Gasteiger partial charge < -0.3 is 21.1 Å². The predicted octanol–water partition coefficient (Wildman–Crippen LogP) is 0.188. The van der Waals surface area contributed by atoms with E-state index in [0.29, 0.717) is 6.54 Å². The van der Waals surface area contributed by atoms with Gasteiger partial charge in [0.15, 0.2) is 5.76 Å². The summed E-state index contributed by atoms with van der Waals surface area (Å²) >= 11 is 0. The van der Waals surface area contributed by atoms with Crippen molar-refractivity contribution in [2.45, 2.75) is 13.0 Å². The molecule has 0 spiro atoms. The van der Waals surface area contributed by atoms with Crippen LogP contribution in [0.25, 0.3) is 0 Å². The maximum absolute atomic E-state index is 9.06. The lowest BCUT2D eigenvalue weighted by Crippen LogP contribution is -2.22. The second kappa shape index (κ2) is 2.89. The molecular formula is C6H11N3O2. The molecule has 0 aromatic carbocycles. The van der Waals surface area contributed by atoms with Crippen LogP contribution in [0.3, 0.4) is 0 Å². The minimum absolute atomic E-state index is 0. The largest absolute Gasteiger partial charge is 0.491 e. The van der Waals surface area contributed by atoms with Crippen LogP contribution < -0.4 is 11.5 Å². The van der Waals surface area contributed by atoms with E-state index in [4.69, 9.17) is 9.63 Å². The van der Waals surface area contributed by atoms with Crippen molar-refractivity contribution < 1.29 is 9.63 Å². The van der Waals surface area contributed by atoms with Gasteiger partial charge in [0.05, 0.1) is 12.1 Å². The van der Waals surface area contributed by atoms with Crippen LogP contribution in [-0.2, 0) is 13.0 Å². The summed E-state index contributed by atoms with van der Waals surface area (Å²) in [5.74, 6) is 0.820. The Morgan fingerprint density at radius 1 is 1.55 bits per heavy atom. The molecule has 11 heavy (non-hydrogen) atoms. The first-order chi connectivity index (χ1) is 4.88. The number of aromatic nitrogens is 1. The van der Waals surface area contributed by atoms with E-state index in [1.54, 1.807) is 0 Å². The lowest BCUT2D eigenvalue weighted by atomic mass is 10.1. The maximum Gasteiger partial charge on any atom is 0.255 e. The quantitative estimate of drug-likeness (QED) is 0.499. The first-order valence-corrected chi connectivity index (χ1v) is 3.25. The second-order valence-corrected chi connectivity index (χ2v) is 2.33. The Kier molecular flexibility index (Phi) is 2.11. The van der Waals surface area contributed by atoms with E-state index < -0.39 is 0 Å². The monoisotopic (exact) mass is 157 g/mol. The molecule has 0 saturated heterocycles. The average Bonchev–Trinajstić information content (AvgIpc) is 2.34. The van der Waals surface area contributed by atoms with Crippen LogP contribution in [0, 0.1) is 0 Å². The third-order valence-electron chi connectivity index (χ3n) is 1.69. The van der Waals surface area contributed by atoms with Crippen molar-refractivity contribution in [3.63, 3.8) is 0 Å². The zero-order valence-electron chi connectivity index (χ0n) is 6.13. The molecule has 5 nitrogen and oxygen atoms in total. The Bertz CT molecular complexity index is 246. The van der Waals surface area contributed by atoms with Gasteiger partial charge in [0, 0.05) is 0 Å². The highest BCUT2D eigenvalue weighted by Gasteiger charge is 2.17. The molecule has 2 heterocycles. The molecule has 1 aromatic rings. The highest BCUT2D eigenvalue weighted by atomic mass is 16.5. The molecule has 2 rings (SSSR count). The number of hydrogen-bond acceptors (Lipinski definition) is 5. The Morgan fingerprint density at radius 2 is 2.36 bits per heavy atom. The van der Waals surface area contributed by atoms with Crippen LogP contribution in [0.2, 0.25) is 0 Å². The molecule has 0 amide bonds. The Morgan fingerprint density at radius 3 is 3.09 bits per heavy atom. The van der Waals surface area contributed by atoms with Gasteiger partial charge in [0.2, 0.25) is 0 Å². The molecule has 0 saturated carbocycles. The molecule has 0 radical (unpaired) electrons. The highest BCUT2D eigenvalue weighted by Crippen LogP contribution is 2.22. The summed E-state index contributed by atoms with van der Waals surface area (Å²) in [4.78, 5) is 0. The van der Waals surface area contributed by atoms with Crippen molar-refractivity contribution in [2.75, 3.05) is 6.54 Å². The van der Waals surface area contributed by atoms with Gasteiger partial charge in [-0.25, -0.2) is 0 Å². The van der Waals surface area contributed by atoms with Gasteiger partial charge >= 0.3 is 0 Å². The summed E-state index contributed by atoms with van der Waals surface area (Å²) < 4.78 is 4.82. The molecule has 0 aliphatic carbocycles. The fraction of sp³-hybridized carbons (Fsp3) is 0.500. The second-order valence-electron chi connectivity index (χ2n) is 2.33. The Labute approximate surface area is 64.0 Å². The first kappa shape index (κ1) is 8.03. The number of nitrogens with one attached hydrogen (secondary N) is 1. The van der Waals surface area contributed by atoms with E-state index >= 15 is 0 Å². The molecular weight excluding hydrogens is 146 g/mol. The third-order valence-corrected chi connectivity index (χ3v) is 1.69. The zero-order valence-corrected chi connectivity index (χ0v) is 6.13. The third kappa shape index (κ3) is 1.20. The lowest BCUT2D eigenvalue weighted by Gasteiger charge is -2.08. The van der Waals surface area contributed by atoms with Crippen LogP contribution in [0.5, 0.6) is 5.88 Å². The zero-order chi connectivity index (χ0) is 6.97. The molecule has 0 atom stereocenters. The van der Waals surface area contributed by atoms with Gasteiger partial charge in [-0.3, -0.25) is 0 Å². The number of hydrogen-bond donors (Lipinski definition) is 3. The van der Waals surface area contributed by atoms with Crippen molar-refractivity contribution >= 4 is 0 Å². The van der Waals surface area contributed by atoms with E-state index in [1.807, 2.05) is 0 Å². The van der Waals surface area contributed by atoms with Gasteiger partial charge in [-0.15, -0.1) is 0 Å². The van der Waals surface area contributed by atoms with Crippen LogP contribution in [0.1, 0.15) is 11.3 Å². The Balaban J connectivity index is 0.000000605. The van der Waals surface area contributed by atoms with E-state index in [2.05, 4.69) is 10.5 Å². The van der Waals surface area contributed by atoms with Crippen LogP contribution in [0.15, 0.2) is 4.52 Å². The summed E-state index contributed by atoms with van der Waals surface area (Å²) in [6.07, 6.45) is 0.810. The average molecular weight is 157 g/mol. The maximum atomic E-state index is 9.06. The van der Waals surface area contributed by atoms with E-state index in [-0.39, 0.29) is 12.0 Å². The van der Waals surface area contributed by atoms with Crippen molar-refractivity contribution in [2.24, 2.45) is 0 Å². The van der Waals surface area contributed by atoms with Crippen molar-refractivity contribution in [3.05, 3.63) is 11.3 Å². The fourth-order valence-corrected chi connectivity index (χ4v) is 1.14. The lowest BCUT2D eigenvalue weighted by molar-refractivity contribution is 0.336. The molecule has 0 unspecified atom stereocenters. The van der Waals surface area contributed by atoms with E-state index in [0.717, 1.165) is 24.3 Å². The molecule has 62 valence electrons. The number of aromatic hydroxyl groups is 1. The first-order valence-electron chi connectivity index (χ1n) is 3.25. The topological polar surface area (TPSA) is 93.3 Å². The minimum atomic E-state index is 0. The van der Waals surface area contributed by atoms with Gasteiger partial charge in [-0.1, -0.05) is 0 Å². The van der Waals surface area contributed by atoms with Crippen molar-refractivity contribution in [1.29, 1.82) is 0 Å². The predicted molar refractivity (Wildman–Crippen MR) is 38.6 cm³/mol. The van der Waals surface area contributed by atoms with Crippen LogP contribution in [0.4, 0.5) is 0 Å². The van der Waals surface area contributed by atoms with Crippen LogP contribution in [-0.4, -0.2) is 16.8 Å². The number of rotatable bonds is 0. The minimum Gasteiger partial charge on any atom is -0.491 e. The van der Waals surface area contributed by atoms with Gasteiger partial charge in [-0.05, 0) is 18.1 Å². The summed E-state index contributed by atoms with van der Waals surface area (Å²) in [6.45, 7) is 1.57. The van der Waals surface area contributed by atoms with Crippen molar-refractivity contribution in [3.8, 4) is 5.88 Å². The number of nitrogens with zero attached hydrogens (tertiary/aromatic N) is 1. The summed E-state index contributed by atoms with van der Waals surface area (Å²) in [7, 11) is 0. The molecule has 1 aliphatic heterocycles. The van der Waals surface area contributed by atoms with E-state index in [1.165, 1.54) is 0 Å². The molecule has 5 heteroatoms. The summed E-state index contributed by atoms with van der Waals surface area (Å²) in [5, 5.41) is 15.6. The molecule has 1 aromatic heterocycles. The normalized spacial score (nSPS) is 15.3. The fourth-order valence-electron chi connectivity index (χ4n) is 1.14. The number of fused-ring (bicyclic) bond motifs is 1.